The van der Waals surface area contributed by atoms with Crippen LogP contribution in [0.4, 0.5) is 34.1 Å². The largest absolute Gasteiger partial charge is 0.466 e. The lowest BCUT2D eigenvalue weighted by Gasteiger charge is -2.22. The molecule has 34 heteroatoms. The summed E-state index contributed by atoms with van der Waals surface area (Å²) < 4.78 is 42.1. The fourth-order valence-corrected chi connectivity index (χ4v) is 19.9. The lowest BCUT2D eigenvalue weighted by Crippen LogP contribution is -2.31. The topological polar surface area (TPSA) is 385 Å². The van der Waals surface area contributed by atoms with Gasteiger partial charge in [0.2, 0.25) is 0 Å². The van der Waals surface area contributed by atoms with E-state index in [1.54, 1.807) is 107 Å². The van der Waals surface area contributed by atoms with Gasteiger partial charge in [-0.25, -0.2) is 0 Å². The summed E-state index contributed by atoms with van der Waals surface area (Å²) in [6.45, 7) is 15.7. The molecule has 8 aromatic carbocycles. The number of aliphatic hydroxyl groups is 2. The number of aryl methyl sites for hydroxylation is 2. The number of hydrogen-bond donors (Lipinski definition) is 8. The van der Waals surface area contributed by atoms with Crippen molar-refractivity contribution in [2.24, 2.45) is 0 Å². The lowest BCUT2D eigenvalue weighted by atomic mass is 10.1. The van der Waals surface area contributed by atoms with Crippen LogP contribution in [0.3, 0.4) is 0 Å². The zero-order valence-corrected chi connectivity index (χ0v) is 86.6. The molecule has 0 spiro atoms. The minimum Gasteiger partial charge on any atom is -0.466 e. The molecule has 0 fully saturated rings. The Labute approximate surface area is 842 Å². The molecule has 2 atom stereocenters. The molecule has 12 N–H and O–H groups in total. The number of Topliss-reactive ketones (excluding diaryl/α,β-unsaturated/α-hetero) is 1. The highest BCUT2D eigenvalue weighted by atomic mass is 33.1. The number of nitrogens with one attached hydrogen (secondary N) is 2. The van der Waals surface area contributed by atoms with Crippen LogP contribution in [-0.4, -0.2) is 192 Å². The van der Waals surface area contributed by atoms with E-state index in [2.05, 4.69) is 76.2 Å². The minimum absolute atomic E-state index is 0.0229. The van der Waals surface area contributed by atoms with E-state index in [4.69, 9.17) is 71.0 Å². The normalized spacial score (nSPS) is 11.3. The third-order valence-corrected chi connectivity index (χ3v) is 29.8. The Balaban J connectivity index is 0.000000341. The van der Waals surface area contributed by atoms with E-state index in [1.807, 2.05) is 159 Å². The molecule has 26 nitrogen and oxygen atoms in total. The molecule has 0 amide bonds. The fourth-order valence-electron chi connectivity index (χ4n) is 12.1. The third-order valence-electron chi connectivity index (χ3n) is 20.2. The highest BCUT2D eigenvalue weighted by molar-refractivity contribution is 8.77. The molecule has 0 bridgehead atoms. The number of carbonyl (C=O) groups excluding carboxylic acids is 8. The van der Waals surface area contributed by atoms with Crippen LogP contribution >= 0.6 is 86.4 Å². The van der Waals surface area contributed by atoms with E-state index in [0.717, 1.165) is 118 Å². The molecule has 8 rings (SSSR count). The lowest BCUT2D eigenvalue weighted by molar-refractivity contribution is -0.151. The van der Waals surface area contributed by atoms with Gasteiger partial charge in [-0.05, 0) is 299 Å². The first-order chi connectivity index (χ1) is 66.4. The van der Waals surface area contributed by atoms with Gasteiger partial charge >= 0.3 is 41.8 Å². The Morgan fingerprint density at radius 3 is 0.956 bits per heavy atom. The molecule has 0 aliphatic heterocycles. The summed E-state index contributed by atoms with van der Waals surface area (Å²) in [5, 5.41) is 24.6. The number of hydrogen-bond acceptors (Lipinski definition) is 34. The van der Waals surface area contributed by atoms with Gasteiger partial charge in [-0.3, -0.25) is 33.6 Å². The van der Waals surface area contributed by atoms with Gasteiger partial charge < -0.3 is 96.3 Å². The number of rotatable bonds is 66. The van der Waals surface area contributed by atoms with Gasteiger partial charge in [-0.1, -0.05) is 124 Å². The second kappa shape index (κ2) is 75.1. The first kappa shape index (κ1) is 119. The maximum absolute atomic E-state index is 12.5. The Hall–Kier alpha value is -8.88. The Bertz CT molecular complexity index is 4630. The summed E-state index contributed by atoms with van der Waals surface area (Å²) in [5.74, 6) is -1.60. The van der Waals surface area contributed by atoms with Crippen molar-refractivity contribution in [3.8, 4) is 0 Å². The van der Waals surface area contributed by atoms with Gasteiger partial charge in [-0.2, -0.15) is 0 Å². The van der Waals surface area contributed by atoms with Crippen molar-refractivity contribution in [2.45, 2.75) is 234 Å². The smallest absolute Gasteiger partial charge is 0.307 e. The summed E-state index contributed by atoms with van der Waals surface area (Å²) in [4.78, 5) is 109. The van der Waals surface area contributed by atoms with Crippen molar-refractivity contribution in [2.75, 3.05) is 146 Å². The summed E-state index contributed by atoms with van der Waals surface area (Å²) in [5.41, 5.74) is 30.3. The summed E-state index contributed by atoms with van der Waals surface area (Å²) in [6, 6.07) is 64.4. The molecule has 0 saturated heterocycles. The molecule has 750 valence electrons. The molecule has 8 aromatic rings. The van der Waals surface area contributed by atoms with Crippen molar-refractivity contribution in [3.63, 3.8) is 0 Å². The first-order valence-corrected chi connectivity index (χ1v) is 55.5. The van der Waals surface area contributed by atoms with Crippen molar-refractivity contribution in [1.29, 1.82) is 0 Å². The molecular formula is C103H142N8O18S8. The second-order valence-electron chi connectivity index (χ2n) is 31.8. The van der Waals surface area contributed by atoms with Crippen molar-refractivity contribution in [1.82, 2.24) is 9.80 Å². The van der Waals surface area contributed by atoms with Gasteiger partial charge in [0, 0.05) is 159 Å². The number of ether oxygens (including phenoxy) is 8. The number of esters is 7. The van der Waals surface area contributed by atoms with E-state index in [1.165, 1.54) is 30.7 Å². The van der Waals surface area contributed by atoms with Crippen LogP contribution in [0.2, 0.25) is 0 Å². The predicted molar refractivity (Wildman–Crippen MR) is 564 cm³/mol. The highest BCUT2D eigenvalue weighted by Gasteiger charge is 2.19. The molecule has 0 heterocycles. The minimum atomic E-state index is -0.391. The van der Waals surface area contributed by atoms with Crippen LogP contribution in [0.15, 0.2) is 233 Å². The predicted octanol–water partition coefficient (Wildman–Crippen LogP) is 21.8. The number of anilines is 6. The van der Waals surface area contributed by atoms with Crippen molar-refractivity contribution >= 4 is 168 Å². The van der Waals surface area contributed by atoms with E-state index in [-0.39, 0.29) is 119 Å². The van der Waals surface area contributed by atoms with Crippen LogP contribution < -0.4 is 33.6 Å². The van der Waals surface area contributed by atoms with Crippen LogP contribution in [-0.2, 0) is 89.1 Å². The van der Waals surface area contributed by atoms with E-state index < -0.39 is 6.10 Å². The van der Waals surface area contributed by atoms with Gasteiger partial charge in [-0.15, -0.1) is 0 Å². The Morgan fingerprint density at radius 2 is 0.613 bits per heavy atom. The zero-order chi connectivity index (χ0) is 99.1. The molecule has 137 heavy (non-hydrogen) atoms. The number of nitrogens with zero attached hydrogens (tertiary/aromatic N) is 2. The maximum Gasteiger partial charge on any atom is 0.307 e. The van der Waals surface area contributed by atoms with E-state index in [9.17, 15) is 38.4 Å². The van der Waals surface area contributed by atoms with Gasteiger partial charge in [0.15, 0.2) is 0 Å². The van der Waals surface area contributed by atoms with Crippen LogP contribution in [0, 0.1) is 0 Å². The number of unbranched alkanes of at least 4 members (excludes halogenated alkanes) is 5. The van der Waals surface area contributed by atoms with Crippen LogP contribution in [0.25, 0.3) is 0 Å². The highest BCUT2D eigenvalue weighted by Crippen LogP contribution is 2.41. The quantitative estimate of drug-likeness (QED) is 0.00577. The number of carbonyl (C=O) groups is 8. The molecule has 0 saturated carbocycles. The summed E-state index contributed by atoms with van der Waals surface area (Å²) >= 11 is 0. The molecule has 0 radical (unpaired) electrons. The first-order valence-electron chi connectivity index (χ1n) is 46.9. The SMILES string of the molecule is CC(=O)CCCc1ccc(SSc2ccc(N)cc2)cc1.CCCCOC(=O)CCN(CCCCCO)CCC(=O)OCCCCOC(=O)CCNc1ccc(SSc2ccc(N)cc2)cc1.CCOC(=O)CCNc1ccc(SSc2ccc(N)cc2)cc1.COC(C)CCOC(=O)CCN(CCCCO)CCC(=O)OC(C)CCOC(=O)CCCc1ccc(SSc2ccc(N)cc2)cc1. The fraction of sp³-hybridized carbons (Fsp3) is 0.456. The summed E-state index contributed by atoms with van der Waals surface area (Å²) in [7, 11) is 15.2. The number of nitrogens with two attached hydrogens (primary N) is 4. The maximum atomic E-state index is 12.5. The molecule has 0 aliphatic carbocycles. The monoisotopic (exact) mass is 2030 g/mol. The summed E-state index contributed by atoms with van der Waals surface area (Å²) in [6.07, 6.45) is 13.5. The third kappa shape index (κ3) is 60.7. The standard InChI is InChI=1S/C35H52N2O8S2.C34H51N3O7S2.C17H20N2O2S2.C17H19NOS2/c1-27(42-3)19-25-44-34(40)17-22-37(21-4-5-24-38)23-18-35(41)45-28(2)20-26-43-33(39)8-6-7-29-9-13-31(14-10-29)46-47-32-15-11-30(36)12-16-32;1-2-3-25-42-33(40)18-22-37(21-5-4-6-24-38)23-19-34(41)44-27-8-7-26-43-32(39)17-20-36-29-11-15-31(16-12-29)46-45-30-13-9-28(35)10-14-30;1-2-21-17(20)11-12-19-14-5-9-16(10-6-14)23-22-15-7-3-13(18)4-8-15;1-13(19)3-2-4-14-5-9-16(10-6-14)20-21-17-11-7-15(18)8-12-17/h9-16,27-28,38H,4-8,17-26,36H2,1-3H3;9-16,36,38H,2-8,17-27,35H2,1H3;3-10,19H,2,11-12,18H2,1H3;5-12H,2-4,18H2,1H3. The number of nitrogen functional groups attached to an aromatic ring is 4. The molecule has 0 aliphatic rings. The number of benzene rings is 8. The zero-order valence-electron chi connectivity index (χ0n) is 80.1. The number of ketones is 1. The Kier molecular flexibility index (Phi) is 65.0. The van der Waals surface area contributed by atoms with Gasteiger partial charge in [0.05, 0.1) is 84.3 Å². The second-order valence-corrected chi connectivity index (χ2v) is 40.9. The molecule has 2 unspecified atom stereocenters. The molecular weight excluding hydrogens is 1890 g/mol. The Morgan fingerprint density at radius 1 is 0.321 bits per heavy atom. The van der Waals surface area contributed by atoms with E-state index in [0.29, 0.717) is 123 Å². The van der Waals surface area contributed by atoms with E-state index >= 15 is 0 Å². The average molecular weight is 2040 g/mol. The van der Waals surface area contributed by atoms with Gasteiger partial charge in [0.1, 0.15) is 11.9 Å². The average Bonchev–Trinajstić information content (AvgIpc) is 0.899. The van der Waals surface area contributed by atoms with Crippen molar-refractivity contribution in [3.05, 3.63) is 205 Å². The number of methoxy groups -OCH3 is 1. The van der Waals surface area contributed by atoms with Gasteiger partial charge in [0.25, 0.3) is 0 Å². The van der Waals surface area contributed by atoms with Crippen molar-refractivity contribution < 1.29 is 86.5 Å². The van der Waals surface area contributed by atoms with Crippen LogP contribution in [0.5, 0.6) is 0 Å². The number of aliphatic hydroxyl groups excluding tert-OH is 2. The molecule has 0 aromatic heterocycles. The van der Waals surface area contributed by atoms with Crippen LogP contribution in [0.1, 0.15) is 181 Å².